The molecule has 1 heterocycles. The average molecular weight is 328 g/mol. The zero-order valence-electron chi connectivity index (χ0n) is 12.8. The minimum atomic E-state index is -0.258. The van der Waals surface area contributed by atoms with Crippen molar-refractivity contribution in [2.45, 2.75) is 6.92 Å². The predicted octanol–water partition coefficient (Wildman–Crippen LogP) is 3.63. The second-order valence-corrected chi connectivity index (χ2v) is 6.01. The summed E-state index contributed by atoms with van der Waals surface area (Å²) >= 11 is 1.43. The molecule has 1 aromatic heterocycles. The fraction of sp³-hybridized carbons (Fsp3) is 0.176. The first-order valence-corrected chi connectivity index (χ1v) is 7.90. The van der Waals surface area contributed by atoms with Gasteiger partial charge in [0.15, 0.2) is 23.2 Å². The van der Waals surface area contributed by atoms with Crippen LogP contribution in [0.4, 0.5) is 5.13 Å². The molecule has 0 radical (unpaired) electrons. The van der Waals surface area contributed by atoms with Crippen LogP contribution in [0.5, 0.6) is 11.5 Å². The van der Waals surface area contributed by atoms with E-state index in [9.17, 15) is 4.79 Å². The van der Waals surface area contributed by atoms with E-state index in [1.807, 2.05) is 43.3 Å². The zero-order valence-corrected chi connectivity index (χ0v) is 13.6. The van der Waals surface area contributed by atoms with Gasteiger partial charge in [0.2, 0.25) is 0 Å². The number of hydrogen-bond donors (Lipinski definition) is 1. The number of carbonyl (C=O) groups is 1. The highest BCUT2D eigenvalue weighted by atomic mass is 32.1. The molecule has 1 amide bonds. The lowest BCUT2D eigenvalue weighted by molar-refractivity contribution is -0.118. The van der Waals surface area contributed by atoms with E-state index in [-0.39, 0.29) is 12.5 Å². The monoisotopic (exact) mass is 328 g/mol. The number of methoxy groups -OCH3 is 1. The number of carbonyl (C=O) groups excluding carboxylic acids is 1. The molecule has 0 spiro atoms. The van der Waals surface area contributed by atoms with Crippen molar-refractivity contribution in [3.63, 3.8) is 0 Å². The SMILES string of the molecule is COc1cc(C)ccc1OCC(=O)Nc1nc2ccccc2s1. The van der Waals surface area contributed by atoms with E-state index in [1.165, 1.54) is 11.3 Å². The fourth-order valence-electron chi connectivity index (χ4n) is 2.12. The zero-order chi connectivity index (χ0) is 16.2. The second-order valence-electron chi connectivity index (χ2n) is 4.98. The van der Waals surface area contributed by atoms with E-state index in [4.69, 9.17) is 9.47 Å². The average Bonchev–Trinajstić information content (AvgIpc) is 2.95. The van der Waals surface area contributed by atoms with Gasteiger partial charge in [-0.3, -0.25) is 10.1 Å². The molecule has 0 aliphatic rings. The molecular formula is C17H16N2O3S. The van der Waals surface area contributed by atoms with Crippen molar-refractivity contribution in [2.75, 3.05) is 19.0 Å². The number of nitrogens with zero attached hydrogens (tertiary/aromatic N) is 1. The summed E-state index contributed by atoms with van der Waals surface area (Å²) in [4.78, 5) is 16.4. The lowest BCUT2D eigenvalue weighted by Gasteiger charge is -2.10. The number of rotatable bonds is 5. The Bertz CT molecular complexity index is 812. The summed E-state index contributed by atoms with van der Waals surface area (Å²) in [6.45, 7) is 1.86. The third-order valence-corrected chi connectivity index (χ3v) is 4.17. The summed E-state index contributed by atoms with van der Waals surface area (Å²) in [5, 5.41) is 3.32. The lowest BCUT2D eigenvalue weighted by atomic mass is 10.2. The Morgan fingerprint density at radius 1 is 1.22 bits per heavy atom. The third kappa shape index (κ3) is 3.60. The van der Waals surface area contributed by atoms with Gasteiger partial charge in [0.25, 0.3) is 5.91 Å². The number of ether oxygens (including phenoxy) is 2. The van der Waals surface area contributed by atoms with Gasteiger partial charge in [0.05, 0.1) is 17.3 Å². The molecule has 23 heavy (non-hydrogen) atoms. The third-order valence-electron chi connectivity index (χ3n) is 3.22. The second kappa shape index (κ2) is 6.66. The number of amides is 1. The van der Waals surface area contributed by atoms with E-state index in [1.54, 1.807) is 13.2 Å². The van der Waals surface area contributed by atoms with Crippen molar-refractivity contribution in [1.29, 1.82) is 0 Å². The molecule has 118 valence electrons. The minimum Gasteiger partial charge on any atom is -0.493 e. The molecule has 2 aromatic carbocycles. The smallest absolute Gasteiger partial charge is 0.264 e. The summed E-state index contributed by atoms with van der Waals surface area (Å²) < 4.78 is 11.8. The van der Waals surface area contributed by atoms with Gasteiger partial charge in [-0.15, -0.1) is 0 Å². The Morgan fingerprint density at radius 3 is 2.83 bits per heavy atom. The Morgan fingerprint density at radius 2 is 2.04 bits per heavy atom. The molecule has 3 rings (SSSR count). The summed E-state index contributed by atoms with van der Waals surface area (Å²) in [6.07, 6.45) is 0. The highest BCUT2D eigenvalue weighted by Gasteiger charge is 2.10. The van der Waals surface area contributed by atoms with Crippen molar-refractivity contribution >= 4 is 32.6 Å². The number of aryl methyl sites for hydroxylation is 1. The molecule has 0 saturated heterocycles. The van der Waals surface area contributed by atoms with E-state index >= 15 is 0 Å². The highest BCUT2D eigenvalue weighted by Crippen LogP contribution is 2.28. The van der Waals surface area contributed by atoms with Gasteiger partial charge >= 0.3 is 0 Å². The summed E-state index contributed by atoms with van der Waals surface area (Å²) in [5.74, 6) is 0.891. The van der Waals surface area contributed by atoms with Gasteiger partial charge in [0.1, 0.15) is 0 Å². The van der Waals surface area contributed by atoms with Crippen molar-refractivity contribution < 1.29 is 14.3 Å². The Labute approximate surface area is 137 Å². The maximum atomic E-state index is 12.0. The maximum Gasteiger partial charge on any atom is 0.264 e. The van der Waals surface area contributed by atoms with Crippen LogP contribution in [-0.4, -0.2) is 24.6 Å². The van der Waals surface area contributed by atoms with Crippen LogP contribution in [0.1, 0.15) is 5.56 Å². The van der Waals surface area contributed by atoms with Crippen molar-refractivity contribution in [3.8, 4) is 11.5 Å². The molecule has 0 aliphatic heterocycles. The van der Waals surface area contributed by atoms with Crippen LogP contribution < -0.4 is 14.8 Å². The Balaban J connectivity index is 1.63. The van der Waals surface area contributed by atoms with E-state index < -0.39 is 0 Å². The predicted molar refractivity (Wildman–Crippen MR) is 91.5 cm³/mol. The molecule has 0 fully saturated rings. The molecule has 0 aliphatic carbocycles. The van der Waals surface area contributed by atoms with Crippen molar-refractivity contribution in [3.05, 3.63) is 48.0 Å². The first-order chi connectivity index (χ1) is 11.2. The van der Waals surface area contributed by atoms with E-state index in [0.717, 1.165) is 15.8 Å². The Hall–Kier alpha value is -2.60. The van der Waals surface area contributed by atoms with Gasteiger partial charge in [0, 0.05) is 0 Å². The van der Waals surface area contributed by atoms with Crippen molar-refractivity contribution in [2.24, 2.45) is 0 Å². The summed E-state index contributed by atoms with van der Waals surface area (Å²) in [6, 6.07) is 13.3. The van der Waals surface area contributed by atoms with Gasteiger partial charge in [-0.05, 0) is 36.8 Å². The van der Waals surface area contributed by atoms with Crippen molar-refractivity contribution in [1.82, 2.24) is 4.98 Å². The number of thiazole rings is 1. The van der Waals surface area contributed by atoms with Crippen LogP contribution in [0.15, 0.2) is 42.5 Å². The maximum absolute atomic E-state index is 12.0. The molecule has 0 saturated carbocycles. The number of anilines is 1. The largest absolute Gasteiger partial charge is 0.493 e. The number of nitrogens with one attached hydrogen (secondary N) is 1. The van der Waals surface area contributed by atoms with Gasteiger partial charge in [-0.1, -0.05) is 29.5 Å². The molecule has 3 aromatic rings. The van der Waals surface area contributed by atoms with Crippen LogP contribution in [-0.2, 0) is 4.79 Å². The number of benzene rings is 2. The minimum absolute atomic E-state index is 0.102. The van der Waals surface area contributed by atoms with Gasteiger partial charge in [-0.2, -0.15) is 0 Å². The number of para-hydroxylation sites is 1. The van der Waals surface area contributed by atoms with Gasteiger partial charge in [-0.25, -0.2) is 4.98 Å². The topological polar surface area (TPSA) is 60.5 Å². The molecule has 5 nitrogen and oxygen atoms in total. The first-order valence-electron chi connectivity index (χ1n) is 7.08. The molecule has 1 N–H and O–H groups in total. The fourth-order valence-corrected chi connectivity index (χ4v) is 3.00. The van der Waals surface area contributed by atoms with Crippen LogP contribution in [0, 0.1) is 6.92 Å². The standard InChI is InChI=1S/C17H16N2O3S/c1-11-7-8-13(14(9-11)21-2)22-10-16(20)19-17-18-12-5-3-4-6-15(12)23-17/h3-9H,10H2,1-2H3,(H,18,19,20). The molecule has 0 bridgehead atoms. The normalized spacial score (nSPS) is 10.5. The highest BCUT2D eigenvalue weighted by molar-refractivity contribution is 7.22. The van der Waals surface area contributed by atoms with Gasteiger partial charge < -0.3 is 9.47 Å². The summed E-state index contributed by atoms with van der Waals surface area (Å²) in [7, 11) is 1.57. The number of hydrogen-bond acceptors (Lipinski definition) is 5. The lowest BCUT2D eigenvalue weighted by Crippen LogP contribution is -2.20. The first kappa shape index (κ1) is 15.3. The Kier molecular flexibility index (Phi) is 4.43. The van der Waals surface area contributed by atoms with Crippen LogP contribution >= 0.6 is 11.3 Å². The molecular weight excluding hydrogens is 312 g/mol. The van der Waals surface area contributed by atoms with E-state index in [2.05, 4.69) is 10.3 Å². The number of aromatic nitrogens is 1. The molecule has 0 atom stereocenters. The molecule has 0 unspecified atom stereocenters. The quantitative estimate of drug-likeness (QED) is 0.777. The molecule has 6 heteroatoms. The summed E-state index contributed by atoms with van der Waals surface area (Å²) in [5.41, 5.74) is 1.93. The van der Waals surface area contributed by atoms with Crippen LogP contribution in [0.3, 0.4) is 0 Å². The number of fused-ring (bicyclic) bond motifs is 1. The van der Waals surface area contributed by atoms with Crippen LogP contribution in [0.2, 0.25) is 0 Å². The van der Waals surface area contributed by atoms with Crippen LogP contribution in [0.25, 0.3) is 10.2 Å². The van der Waals surface area contributed by atoms with E-state index in [0.29, 0.717) is 16.6 Å².